The smallest absolute Gasteiger partial charge is 0.240 e. The Morgan fingerprint density at radius 3 is 2.72 bits per heavy atom. The standard InChI is InChI=1S/C18H29N5O2/c1-22-16(20-21-17(22)13-5-4-6-13)11-19-18(24)15-12-25-10-9-23(15)14-7-2-3-8-14/h13-15H,2-12H2,1H3,(H,19,24)/t15-/m1/s1. The van der Waals surface area contributed by atoms with Crippen LogP contribution >= 0.6 is 0 Å². The first kappa shape index (κ1) is 17.0. The number of aromatic nitrogens is 3. The van der Waals surface area contributed by atoms with Gasteiger partial charge in [-0.2, -0.15) is 0 Å². The van der Waals surface area contributed by atoms with Gasteiger partial charge < -0.3 is 14.6 Å². The minimum atomic E-state index is -0.170. The van der Waals surface area contributed by atoms with Gasteiger partial charge in [0.15, 0.2) is 5.82 Å². The van der Waals surface area contributed by atoms with Gasteiger partial charge in [0.1, 0.15) is 11.9 Å². The van der Waals surface area contributed by atoms with Crippen LogP contribution in [-0.4, -0.2) is 57.4 Å². The molecule has 1 aromatic heterocycles. The Balaban J connectivity index is 1.36. The molecule has 1 amide bonds. The molecule has 1 N–H and O–H groups in total. The minimum Gasteiger partial charge on any atom is -0.378 e. The lowest BCUT2D eigenvalue weighted by Crippen LogP contribution is -2.56. The molecule has 2 heterocycles. The van der Waals surface area contributed by atoms with Gasteiger partial charge in [0.2, 0.25) is 5.91 Å². The van der Waals surface area contributed by atoms with Gasteiger partial charge in [-0.1, -0.05) is 19.3 Å². The molecule has 0 unspecified atom stereocenters. The molecule has 0 spiro atoms. The predicted octanol–water partition coefficient (Wildman–Crippen LogP) is 1.34. The summed E-state index contributed by atoms with van der Waals surface area (Å²) in [6.07, 6.45) is 8.65. The summed E-state index contributed by atoms with van der Waals surface area (Å²) in [6.45, 7) is 2.52. The van der Waals surface area contributed by atoms with E-state index in [1.54, 1.807) is 0 Å². The Kier molecular flexibility index (Phi) is 5.03. The maximum atomic E-state index is 12.8. The van der Waals surface area contributed by atoms with Gasteiger partial charge in [-0.15, -0.1) is 10.2 Å². The van der Waals surface area contributed by atoms with Crippen molar-refractivity contribution in [1.82, 2.24) is 25.0 Å². The number of nitrogens with zero attached hydrogens (tertiary/aromatic N) is 4. The lowest BCUT2D eigenvalue weighted by Gasteiger charge is -2.38. The van der Waals surface area contributed by atoms with Crippen LogP contribution in [0.2, 0.25) is 0 Å². The third kappa shape index (κ3) is 3.44. The minimum absolute atomic E-state index is 0.0554. The highest BCUT2D eigenvalue weighted by molar-refractivity contribution is 5.82. The van der Waals surface area contributed by atoms with Crippen molar-refractivity contribution in [3.63, 3.8) is 0 Å². The van der Waals surface area contributed by atoms with Crippen LogP contribution in [0.15, 0.2) is 0 Å². The monoisotopic (exact) mass is 347 g/mol. The summed E-state index contributed by atoms with van der Waals surface area (Å²) in [7, 11) is 2.00. The van der Waals surface area contributed by atoms with Gasteiger partial charge in [0, 0.05) is 25.6 Å². The fraction of sp³-hybridized carbons (Fsp3) is 0.833. The summed E-state index contributed by atoms with van der Waals surface area (Å²) in [5.41, 5.74) is 0. The summed E-state index contributed by atoms with van der Waals surface area (Å²) >= 11 is 0. The van der Waals surface area contributed by atoms with Gasteiger partial charge in [0.05, 0.1) is 19.8 Å². The summed E-state index contributed by atoms with van der Waals surface area (Å²) in [5.74, 6) is 2.50. The highest BCUT2D eigenvalue weighted by Gasteiger charge is 2.35. The molecular formula is C18H29N5O2. The number of nitrogens with one attached hydrogen (secondary N) is 1. The molecule has 7 heteroatoms. The number of carbonyl (C=O) groups excluding carboxylic acids is 1. The van der Waals surface area contributed by atoms with Crippen LogP contribution < -0.4 is 5.32 Å². The number of rotatable bonds is 5. The van der Waals surface area contributed by atoms with Crippen molar-refractivity contribution < 1.29 is 9.53 Å². The molecule has 0 aromatic carbocycles. The summed E-state index contributed by atoms with van der Waals surface area (Å²) < 4.78 is 7.64. The second-order valence-electron chi connectivity index (χ2n) is 7.65. The molecule has 3 aliphatic rings. The molecule has 0 bridgehead atoms. The van der Waals surface area contributed by atoms with Gasteiger partial charge >= 0.3 is 0 Å². The predicted molar refractivity (Wildman–Crippen MR) is 93.0 cm³/mol. The quantitative estimate of drug-likeness (QED) is 0.870. The van der Waals surface area contributed by atoms with E-state index in [0.29, 0.717) is 25.1 Å². The van der Waals surface area contributed by atoms with Crippen molar-refractivity contribution in [2.24, 2.45) is 7.05 Å². The van der Waals surface area contributed by atoms with E-state index in [0.717, 1.165) is 24.8 Å². The topological polar surface area (TPSA) is 72.3 Å². The normalized spacial score (nSPS) is 25.9. The highest BCUT2D eigenvalue weighted by Crippen LogP contribution is 2.35. The van der Waals surface area contributed by atoms with E-state index in [1.165, 1.54) is 44.9 Å². The summed E-state index contributed by atoms with van der Waals surface area (Å²) in [4.78, 5) is 15.1. The molecule has 2 saturated carbocycles. The number of amides is 1. The number of hydrogen-bond acceptors (Lipinski definition) is 5. The van der Waals surface area contributed by atoms with Gasteiger partial charge in [0.25, 0.3) is 0 Å². The molecule has 1 atom stereocenters. The Hall–Kier alpha value is -1.47. The zero-order chi connectivity index (χ0) is 17.2. The van der Waals surface area contributed by atoms with Crippen LogP contribution in [0.25, 0.3) is 0 Å². The Morgan fingerprint density at radius 1 is 1.20 bits per heavy atom. The maximum Gasteiger partial charge on any atom is 0.240 e. The van der Waals surface area contributed by atoms with Gasteiger partial charge in [-0.05, 0) is 25.7 Å². The van der Waals surface area contributed by atoms with Crippen LogP contribution in [0.3, 0.4) is 0 Å². The first-order valence-corrected chi connectivity index (χ1v) is 9.73. The van der Waals surface area contributed by atoms with Crippen LogP contribution in [-0.2, 0) is 23.1 Å². The molecule has 1 aromatic rings. The number of hydrogen-bond donors (Lipinski definition) is 1. The molecule has 4 rings (SSSR count). The van der Waals surface area contributed by atoms with E-state index in [2.05, 4.69) is 25.0 Å². The first-order valence-electron chi connectivity index (χ1n) is 9.73. The van der Waals surface area contributed by atoms with E-state index in [4.69, 9.17) is 4.74 Å². The van der Waals surface area contributed by atoms with E-state index < -0.39 is 0 Å². The average molecular weight is 347 g/mol. The number of carbonyl (C=O) groups is 1. The molecule has 3 fully saturated rings. The van der Waals surface area contributed by atoms with Crippen molar-refractivity contribution in [2.75, 3.05) is 19.8 Å². The van der Waals surface area contributed by atoms with Crippen molar-refractivity contribution >= 4 is 5.91 Å². The second-order valence-corrected chi connectivity index (χ2v) is 7.65. The molecule has 0 radical (unpaired) electrons. The SMILES string of the molecule is Cn1c(CNC(=O)[C@H]2COCCN2C2CCCC2)nnc1C1CCC1. The molecule has 7 nitrogen and oxygen atoms in total. The Labute approximate surface area is 149 Å². The largest absolute Gasteiger partial charge is 0.378 e. The van der Waals surface area contributed by atoms with Crippen molar-refractivity contribution in [3.05, 3.63) is 11.6 Å². The fourth-order valence-corrected chi connectivity index (χ4v) is 4.35. The van der Waals surface area contributed by atoms with Gasteiger partial charge in [-0.3, -0.25) is 9.69 Å². The first-order chi connectivity index (χ1) is 12.2. The molecule has 1 saturated heterocycles. The molecule has 138 valence electrons. The summed E-state index contributed by atoms with van der Waals surface area (Å²) in [5, 5.41) is 11.7. The fourth-order valence-electron chi connectivity index (χ4n) is 4.35. The second kappa shape index (κ2) is 7.41. The number of morpholine rings is 1. The van der Waals surface area contributed by atoms with Crippen molar-refractivity contribution in [3.8, 4) is 0 Å². The van der Waals surface area contributed by atoms with E-state index in [1.807, 2.05) is 7.05 Å². The number of ether oxygens (including phenoxy) is 1. The van der Waals surface area contributed by atoms with Crippen LogP contribution in [0.5, 0.6) is 0 Å². The van der Waals surface area contributed by atoms with E-state index in [-0.39, 0.29) is 11.9 Å². The zero-order valence-corrected chi connectivity index (χ0v) is 15.1. The van der Waals surface area contributed by atoms with Crippen LogP contribution in [0.4, 0.5) is 0 Å². The Bertz CT molecular complexity index is 607. The third-order valence-electron chi connectivity index (χ3n) is 6.16. The molecular weight excluding hydrogens is 318 g/mol. The highest BCUT2D eigenvalue weighted by atomic mass is 16.5. The lowest BCUT2D eigenvalue weighted by atomic mass is 9.85. The lowest BCUT2D eigenvalue weighted by molar-refractivity contribution is -0.134. The molecule has 1 aliphatic heterocycles. The average Bonchev–Trinajstić information content (AvgIpc) is 3.23. The van der Waals surface area contributed by atoms with Crippen molar-refractivity contribution in [1.29, 1.82) is 0 Å². The summed E-state index contributed by atoms with van der Waals surface area (Å²) in [6, 6.07) is 0.371. The Morgan fingerprint density at radius 2 is 2.00 bits per heavy atom. The van der Waals surface area contributed by atoms with Crippen molar-refractivity contribution in [2.45, 2.75) is 69.5 Å². The van der Waals surface area contributed by atoms with Crippen LogP contribution in [0, 0.1) is 0 Å². The molecule has 2 aliphatic carbocycles. The molecule has 25 heavy (non-hydrogen) atoms. The third-order valence-corrected chi connectivity index (χ3v) is 6.16. The van der Waals surface area contributed by atoms with E-state index >= 15 is 0 Å². The van der Waals surface area contributed by atoms with Crippen LogP contribution in [0.1, 0.15) is 62.5 Å². The maximum absolute atomic E-state index is 12.8. The van der Waals surface area contributed by atoms with E-state index in [9.17, 15) is 4.79 Å². The van der Waals surface area contributed by atoms with Gasteiger partial charge in [-0.25, -0.2) is 0 Å². The zero-order valence-electron chi connectivity index (χ0n) is 15.1.